The summed E-state index contributed by atoms with van der Waals surface area (Å²) in [7, 11) is 0. The highest BCUT2D eigenvalue weighted by atomic mass is 79.9. The van der Waals surface area contributed by atoms with Gasteiger partial charge in [0.1, 0.15) is 30.1 Å². The van der Waals surface area contributed by atoms with Crippen LogP contribution in [-0.4, -0.2) is 63.5 Å². The van der Waals surface area contributed by atoms with Gasteiger partial charge in [0.05, 0.1) is 22.5 Å². The molecule has 1 saturated heterocycles. The number of carbonyl (C=O) groups is 1. The molecule has 2 aromatic rings. The van der Waals surface area contributed by atoms with Crippen molar-refractivity contribution in [3.05, 3.63) is 27.8 Å². The Morgan fingerprint density at radius 3 is 2.81 bits per heavy atom. The Hall–Kier alpha value is -1.36. The van der Waals surface area contributed by atoms with Gasteiger partial charge in [0.15, 0.2) is 0 Å². The molecular formula is C16H18BrClN2O6. The number of aromatic nitrogens is 1. The number of H-pyrrole nitrogens is 1. The predicted octanol–water partition coefficient (Wildman–Crippen LogP) is 0.906. The molecule has 1 fully saturated rings. The fourth-order valence-corrected chi connectivity index (χ4v) is 3.50. The minimum absolute atomic E-state index is 0.340. The molecule has 5 atom stereocenters. The number of hydrogen-bond acceptors (Lipinski definition) is 6. The first kappa shape index (κ1) is 19.4. The van der Waals surface area contributed by atoms with Crippen LogP contribution < -0.4 is 10.1 Å². The first-order valence-electron chi connectivity index (χ1n) is 7.84. The lowest BCUT2D eigenvalue weighted by atomic mass is 9.97. The molecular weight excluding hydrogens is 432 g/mol. The van der Waals surface area contributed by atoms with Gasteiger partial charge in [-0.15, -0.1) is 0 Å². The largest absolute Gasteiger partial charge is 0.460 e. The Labute approximate surface area is 162 Å². The monoisotopic (exact) mass is 448 g/mol. The molecule has 0 bridgehead atoms. The maximum absolute atomic E-state index is 11.5. The molecule has 3 rings (SSSR count). The van der Waals surface area contributed by atoms with Crippen molar-refractivity contribution in [3.63, 3.8) is 0 Å². The molecule has 0 spiro atoms. The van der Waals surface area contributed by atoms with Gasteiger partial charge in [0, 0.05) is 17.6 Å². The normalized spacial score (nSPS) is 28.9. The highest BCUT2D eigenvalue weighted by Crippen LogP contribution is 2.38. The second-order valence-electron chi connectivity index (χ2n) is 5.99. The highest BCUT2D eigenvalue weighted by Gasteiger charge is 2.46. The van der Waals surface area contributed by atoms with Crippen LogP contribution in [0.1, 0.15) is 6.92 Å². The summed E-state index contributed by atoms with van der Waals surface area (Å²) in [4.78, 5) is 14.5. The van der Waals surface area contributed by atoms with Crippen molar-refractivity contribution in [1.82, 2.24) is 10.3 Å². The van der Waals surface area contributed by atoms with E-state index in [2.05, 4.69) is 26.2 Å². The van der Waals surface area contributed by atoms with Gasteiger partial charge in [-0.25, -0.2) is 0 Å². The number of aliphatic hydroxyl groups is 3. The number of ether oxygens (including phenoxy) is 2. The summed E-state index contributed by atoms with van der Waals surface area (Å²) in [5, 5.41) is 33.3. The van der Waals surface area contributed by atoms with Crippen LogP contribution in [0.15, 0.2) is 22.8 Å². The molecule has 10 heteroatoms. The van der Waals surface area contributed by atoms with Crippen molar-refractivity contribution in [2.75, 3.05) is 6.61 Å². The molecule has 0 radical (unpaired) electrons. The third-order valence-corrected chi connectivity index (χ3v) is 5.48. The molecule has 5 N–H and O–H groups in total. The van der Waals surface area contributed by atoms with E-state index in [-0.39, 0.29) is 0 Å². The van der Waals surface area contributed by atoms with E-state index >= 15 is 0 Å². The number of halogens is 2. The van der Waals surface area contributed by atoms with Crippen LogP contribution in [0.5, 0.6) is 5.75 Å². The van der Waals surface area contributed by atoms with Crippen molar-refractivity contribution in [2.45, 2.75) is 37.6 Å². The summed E-state index contributed by atoms with van der Waals surface area (Å²) in [6.45, 7) is 0.749. The molecule has 0 saturated carbocycles. The standard InChI is InChI=1S/C16H18BrClN2O6/c1-6(22)20-13-15(24)14(23)10(5-21)26-16(13)25-9-4-19-8-3-2-7(17)12(18)11(8)9/h2-4,10,13-16,19,21,23-24H,5H2,1H3,(H,20,22)/t10?,13?,14-,15+,16+/m0/s1. The summed E-state index contributed by atoms with van der Waals surface area (Å²) in [6.07, 6.45) is -3.40. The SMILES string of the molecule is CC(=O)NC1[C@H](Oc2c[nH]c3ccc(Br)c(Cl)c23)OC(CO)[C@H](O)[C@@H]1O. The maximum atomic E-state index is 11.5. The number of amides is 1. The van der Waals surface area contributed by atoms with Gasteiger partial charge in [0.2, 0.25) is 12.2 Å². The second kappa shape index (κ2) is 7.71. The van der Waals surface area contributed by atoms with Gasteiger partial charge in [0.25, 0.3) is 0 Å². The van der Waals surface area contributed by atoms with Gasteiger partial charge in [-0.05, 0) is 28.1 Å². The quantitative estimate of drug-likeness (QED) is 0.473. The summed E-state index contributed by atoms with van der Waals surface area (Å²) in [5.41, 5.74) is 0.722. The third-order valence-electron chi connectivity index (χ3n) is 4.19. The fourth-order valence-electron chi connectivity index (χ4n) is 2.92. The van der Waals surface area contributed by atoms with E-state index in [0.717, 1.165) is 5.52 Å². The summed E-state index contributed by atoms with van der Waals surface area (Å²) in [5.74, 6) is -0.0902. The molecule has 2 heterocycles. The van der Waals surface area contributed by atoms with E-state index in [9.17, 15) is 20.1 Å². The van der Waals surface area contributed by atoms with Crippen molar-refractivity contribution in [3.8, 4) is 5.75 Å². The molecule has 8 nitrogen and oxygen atoms in total. The summed E-state index contributed by atoms with van der Waals surface area (Å²) in [6, 6.07) is 2.55. The zero-order chi connectivity index (χ0) is 19.0. The van der Waals surface area contributed by atoms with Gasteiger partial charge in [-0.3, -0.25) is 4.79 Å². The molecule has 1 aliphatic rings. The lowest BCUT2D eigenvalue weighted by molar-refractivity contribution is -0.244. The zero-order valence-electron chi connectivity index (χ0n) is 13.6. The first-order valence-corrected chi connectivity index (χ1v) is 9.02. The summed E-state index contributed by atoms with van der Waals surface area (Å²) < 4.78 is 12.1. The van der Waals surface area contributed by atoms with E-state index in [0.29, 0.717) is 20.6 Å². The smallest absolute Gasteiger partial charge is 0.223 e. The Balaban J connectivity index is 1.95. The highest BCUT2D eigenvalue weighted by molar-refractivity contribution is 9.10. The second-order valence-corrected chi connectivity index (χ2v) is 7.22. The Bertz CT molecular complexity index is 815. The first-order chi connectivity index (χ1) is 12.3. The Morgan fingerprint density at radius 2 is 2.15 bits per heavy atom. The lowest BCUT2D eigenvalue weighted by Gasteiger charge is -2.41. The van der Waals surface area contributed by atoms with E-state index in [1.807, 2.05) is 0 Å². The van der Waals surface area contributed by atoms with Gasteiger partial charge < -0.3 is 35.1 Å². The van der Waals surface area contributed by atoms with Crippen LogP contribution in [0.2, 0.25) is 5.02 Å². The molecule has 1 aliphatic heterocycles. The average Bonchev–Trinajstić information content (AvgIpc) is 3.01. The minimum Gasteiger partial charge on any atom is -0.460 e. The van der Waals surface area contributed by atoms with Gasteiger partial charge >= 0.3 is 0 Å². The molecule has 1 aromatic carbocycles. The molecule has 1 amide bonds. The van der Waals surface area contributed by atoms with Gasteiger partial charge in [-0.2, -0.15) is 0 Å². The zero-order valence-corrected chi connectivity index (χ0v) is 16.0. The number of nitrogens with one attached hydrogen (secondary N) is 2. The number of aliphatic hydroxyl groups excluding tert-OH is 3. The van der Waals surface area contributed by atoms with E-state index < -0.39 is 43.2 Å². The van der Waals surface area contributed by atoms with Crippen LogP contribution in [-0.2, 0) is 9.53 Å². The fraction of sp³-hybridized carbons (Fsp3) is 0.438. The third kappa shape index (κ3) is 3.55. The van der Waals surface area contributed by atoms with E-state index in [1.54, 1.807) is 18.3 Å². The molecule has 26 heavy (non-hydrogen) atoms. The van der Waals surface area contributed by atoms with Crippen LogP contribution in [0.25, 0.3) is 10.9 Å². The Kier molecular flexibility index (Phi) is 5.75. The predicted molar refractivity (Wildman–Crippen MR) is 97.0 cm³/mol. The van der Waals surface area contributed by atoms with Crippen molar-refractivity contribution < 1.29 is 29.6 Å². The molecule has 1 aromatic heterocycles. The number of carbonyl (C=O) groups excluding carboxylic acids is 1. The number of hydrogen-bond donors (Lipinski definition) is 5. The van der Waals surface area contributed by atoms with E-state index in [1.165, 1.54) is 6.92 Å². The maximum Gasteiger partial charge on any atom is 0.223 e. The number of benzene rings is 1. The number of rotatable bonds is 4. The number of fused-ring (bicyclic) bond motifs is 1. The van der Waals surface area contributed by atoms with Crippen molar-refractivity contribution in [1.29, 1.82) is 0 Å². The van der Waals surface area contributed by atoms with Crippen molar-refractivity contribution in [2.24, 2.45) is 0 Å². The van der Waals surface area contributed by atoms with Crippen LogP contribution in [0.3, 0.4) is 0 Å². The topological polar surface area (TPSA) is 124 Å². The van der Waals surface area contributed by atoms with E-state index in [4.69, 9.17) is 21.1 Å². The minimum atomic E-state index is -1.39. The number of aromatic amines is 1. The molecule has 0 aliphatic carbocycles. The average molecular weight is 450 g/mol. The van der Waals surface area contributed by atoms with Gasteiger partial charge in [-0.1, -0.05) is 11.6 Å². The van der Waals surface area contributed by atoms with Crippen LogP contribution >= 0.6 is 27.5 Å². The van der Waals surface area contributed by atoms with Crippen LogP contribution in [0.4, 0.5) is 0 Å². The Morgan fingerprint density at radius 1 is 1.42 bits per heavy atom. The summed E-state index contributed by atoms with van der Waals surface area (Å²) >= 11 is 9.68. The van der Waals surface area contributed by atoms with Crippen LogP contribution in [0, 0.1) is 0 Å². The van der Waals surface area contributed by atoms with Crippen molar-refractivity contribution >= 4 is 44.3 Å². The molecule has 2 unspecified atom stereocenters. The lowest BCUT2D eigenvalue weighted by Crippen LogP contribution is -2.65. The molecule has 142 valence electrons.